The summed E-state index contributed by atoms with van der Waals surface area (Å²) in [6, 6.07) is 0.199. The number of nitrogens with one attached hydrogen (secondary N) is 1. The van der Waals surface area contributed by atoms with E-state index in [1.807, 2.05) is 0 Å². The summed E-state index contributed by atoms with van der Waals surface area (Å²) in [7, 11) is 0. The molecule has 104 valence electrons. The van der Waals surface area contributed by atoms with Gasteiger partial charge in [-0.25, -0.2) is 4.79 Å². The summed E-state index contributed by atoms with van der Waals surface area (Å²) in [6.07, 6.45) is 5.62. The summed E-state index contributed by atoms with van der Waals surface area (Å²) in [4.78, 5) is 12.7. The van der Waals surface area contributed by atoms with Crippen LogP contribution in [0.15, 0.2) is 0 Å². The molecule has 2 unspecified atom stereocenters. The van der Waals surface area contributed by atoms with Gasteiger partial charge in [-0.15, -0.1) is 0 Å². The Bertz CT molecular complexity index is 277. The lowest BCUT2D eigenvalue weighted by molar-refractivity contribution is 0.173. The van der Waals surface area contributed by atoms with Crippen molar-refractivity contribution in [3.05, 3.63) is 0 Å². The SMILES string of the molecule is NC(=O)N1CCC(NCC2CCCC2CO)CC1. The zero-order valence-electron chi connectivity index (χ0n) is 11.0. The van der Waals surface area contributed by atoms with Gasteiger partial charge in [0.05, 0.1) is 0 Å². The molecular formula is C13H25N3O2. The highest BCUT2D eigenvalue weighted by Gasteiger charge is 2.28. The fraction of sp³-hybridized carbons (Fsp3) is 0.923. The molecule has 1 heterocycles. The molecule has 2 aliphatic rings. The van der Waals surface area contributed by atoms with Gasteiger partial charge in [-0.05, 0) is 44.1 Å². The molecule has 2 fully saturated rings. The van der Waals surface area contributed by atoms with Crippen LogP contribution in [0.2, 0.25) is 0 Å². The second-order valence-corrected chi connectivity index (χ2v) is 5.64. The Kier molecular flexibility index (Phi) is 4.83. The molecule has 1 aliphatic carbocycles. The Morgan fingerprint density at radius 3 is 2.50 bits per heavy atom. The number of amides is 2. The highest BCUT2D eigenvalue weighted by molar-refractivity contribution is 5.72. The van der Waals surface area contributed by atoms with E-state index in [0.29, 0.717) is 24.5 Å². The molecule has 0 aromatic carbocycles. The number of primary amides is 1. The van der Waals surface area contributed by atoms with Gasteiger partial charge in [0.2, 0.25) is 0 Å². The largest absolute Gasteiger partial charge is 0.396 e. The third kappa shape index (κ3) is 3.36. The molecular weight excluding hydrogens is 230 g/mol. The van der Waals surface area contributed by atoms with Gasteiger partial charge < -0.3 is 21.1 Å². The molecule has 0 spiro atoms. The van der Waals surface area contributed by atoms with E-state index in [-0.39, 0.29) is 6.03 Å². The van der Waals surface area contributed by atoms with Crippen molar-refractivity contribution in [2.75, 3.05) is 26.2 Å². The average molecular weight is 255 g/mol. The van der Waals surface area contributed by atoms with Crippen molar-refractivity contribution in [2.45, 2.75) is 38.1 Å². The minimum Gasteiger partial charge on any atom is -0.396 e. The number of urea groups is 1. The minimum absolute atomic E-state index is 0.301. The van der Waals surface area contributed by atoms with Crippen molar-refractivity contribution in [1.29, 1.82) is 0 Å². The minimum atomic E-state index is -0.301. The Morgan fingerprint density at radius 1 is 1.22 bits per heavy atom. The summed E-state index contributed by atoms with van der Waals surface area (Å²) in [6.45, 7) is 2.86. The van der Waals surface area contributed by atoms with Gasteiger partial charge in [-0.1, -0.05) is 6.42 Å². The van der Waals surface area contributed by atoms with Crippen LogP contribution in [0.3, 0.4) is 0 Å². The average Bonchev–Trinajstić information content (AvgIpc) is 2.84. The fourth-order valence-electron chi connectivity index (χ4n) is 3.24. The second-order valence-electron chi connectivity index (χ2n) is 5.64. The van der Waals surface area contributed by atoms with Crippen molar-refractivity contribution in [3.63, 3.8) is 0 Å². The van der Waals surface area contributed by atoms with E-state index in [0.717, 1.165) is 32.5 Å². The lowest BCUT2D eigenvalue weighted by atomic mass is 9.96. The zero-order chi connectivity index (χ0) is 13.0. The Labute approximate surface area is 109 Å². The molecule has 18 heavy (non-hydrogen) atoms. The monoisotopic (exact) mass is 255 g/mol. The second kappa shape index (κ2) is 6.38. The first-order valence-electron chi connectivity index (χ1n) is 7.09. The van der Waals surface area contributed by atoms with Gasteiger partial charge in [0.25, 0.3) is 0 Å². The molecule has 1 saturated carbocycles. The van der Waals surface area contributed by atoms with Crippen LogP contribution in [-0.4, -0.2) is 48.3 Å². The quantitative estimate of drug-likeness (QED) is 0.685. The maximum absolute atomic E-state index is 11.0. The van der Waals surface area contributed by atoms with Crippen LogP contribution < -0.4 is 11.1 Å². The topological polar surface area (TPSA) is 78.6 Å². The van der Waals surface area contributed by atoms with E-state index in [1.54, 1.807) is 4.90 Å². The number of nitrogens with two attached hydrogens (primary N) is 1. The van der Waals surface area contributed by atoms with Crippen molar-refractivity contribution < 1.29 is 9.90 Å². The Morgan fingerprint density at radius 2 is 1.89 bits per heavy atom. The van der Waals surface area contributed by atoms with Crippen LogP contribution >= 0.6 is 0 Å². The summed E-state index contributed by atoms with van der Waals surface area (Å²) >= 11 is 0. The number of piperidine rings is 1. The molecule has 0 aromatic heterocycles. The lowest BCUT2D eigenvalue weighted by Gasteiger charge is -2.32. The predicted octanol–water partition coefficient (Wildman–Crippen LogP) is 0.528. The first-order valence-corrected chi connectivity index (χ1v) is 7.09. The van der Waals surface area contributed by atoms with Gasteiger partial charge in [0, 0.05) is 25.7 Å². The molecule has 2 atom stereocenters. The van der Waals surface area contributed by atoms with E-state index in [9.17, 15) is 9.90 Å². The van der Waals surface area contributed by atoms with Crippen molar-refractivity contribution in [2.24, 2.45) is 17.6 Å². The van der Waals surface area contributed by atoms with Crippen LogP contribution in [0.4, 0.5) is 4.79 Å². The molecule has 1 aliphatic heterocycles. The highest BCUT2D eigenvalue weighted by atomic mass is 16.3. The highest BCUT2D eigenvalue weighted by Crippen LogP contribution is 2.30. The number of carbonyl (C=O) groups is 1. The van der Waals surface area contributed by atoms with E-state index in [4.69, 9.17) is 5.73 Å². The van der Waals surface area contributed by atoms with Crippen LogP contribution in [-0.2, 0) is 0 Å². The number of nitrogens with zero attached hydrogens (tertiary/aromatic N) is 1. The Hall–Kier alpha value is -0.810. The van der Waals surface area contributed by atoms with Crippen molar-refractivity contribution >= 4 is 6.03 Å². The van der Waals surface area contributed by atoms with Crippen LogP contribution in [0.5, 0.6) is 0 Å². The van der Waals surface area contributed by atoms with E-state index in [2.05, 4.69) is 5.32 Å². The molecule has 2 amide bonds. The van der Waals surface area contributed by atoms with Gasteiger partial charge in [0.1, 0.15) is 0 Å². The molecule has 0 aromatic rings. The van der Waals surface area contributed by atoms with Crippen LogP contribution in [0.1, 0.15) is 32.1 Å². The molecule has 0 radical (unpaired) electrons. The zero-order valence-corrected chi connectivity index (χ0v) is 11.0. The summed E-state index contributed by atoms with van der Waals surface area (Å²) in [5.74, 6) is 1.12. The maximum Gasteiger partial charge on any atom is 0.314 e. The number of carbonyl (C=O) groups excluding carboxylic acids is 1. The number of hydrogen-bond donors (Lipinski definition) is 3. The fourth-order valence-corrected chi connectivity index (χ4v) is 3.24. The summed E-state index contributed by atoms with van der Waals surface area (Å²) < 4.78 is 0. The molecule has 1 saturated heterocycles. The summed E-state index contributed by atoms with van der Waals surface area (Å²) in [5, 5.41) is 12.9. The van der Waals surface area contributed by atoms with Gasteiger partial charge >= 0.3 is 6.03 Å². The van der Waals surface area contributed by atoms with E-state index >= 15 is 0 Å². The number of rotatable bonds is 4. The number of likely N-dealkylation sites (tertiary alicyclic amines) is 1. The van der Waals surface area contributed by atoms with Gasteiger partial charge in [-0.3, -0.25) is 0 Å². The molecule has 2 rings (SSSR count). The molecule has 5 heteroatoms. The van der Waals surface area contributed by atoms with Gasteiger partial charge in [0.15, 0.2) is 0 Å². The van der Waals surface area contributed by atoms with Crippen LogP contribution in [0.25, 0.3) is 0 Å². The standard InChI is InChI=1S/C13H25N3O2/c14-13(18)16-6-4-12(5-7-16)15-8-10-2-1-3-11(10)9-17/h10-12,15,17H,1-9H2,(H2,14,18). The van der Waals surface area contributed by atoms with Gasteiger partial charge in [-0.2, -0.15) is 0 Å². The first-order chi connectivity index (χ1) is 8.70. The van der Waals surface area contributed by atoms with Crippen molar-refractivity contribution in [3.8, 4) is 0 Å². The van der Waals surface area contributed by atoms with E-state index in [1.165, 1.54) is 19.3 Å². The maximum atomic E-state index is 11.0. The van der Waals surface area contributed by atoms with Crippen LogP contribution in [0, 0.1) is 11.8 Å². The third-order valence-corrected chi connectivity index (χ3v) is 4.53. The lowest BCUT2D eigenvalue weighted by Crippen LogP contribution is -2.47. The predicted molar refractivity (Wildman–Crippen MR) is 70.1 cm³/mol. The van der Waals surface area contributed by atoms with Crippen molar-refractivity contribution in [1.82, 2.24) is 10.2 Å². The number of hydrogen-bond acceptors (Lipinski definition) is 3. The smallest absolute Gasteiger partial charge is 0.314 e. The molecule has 5 nitrogen and oxygen atoms in total. The summed E-state index contributed by atoms with van der Waals surface area (Å²) in [5.41, 5.74) is 5.26. The third-order valence-electron chi connectivity index (χ3n) is 4.53. The normalized spacial score (nSPS) is 29.7. The first kappa shape index (κ1) is 13.6. The molecule has 4 N–H and O–H groups in total. The molecule has 0 bridgehead atoms. The number of aliphatic hydroxyl groups excluding tert-OH is 1. The number of aliphatic hydroxyl groups is 1. The van der Waals surface area contributed by atoms with E-state index < -0.39 is 0 Å². The Balaban J connectivity index is 1.67.